The summed E-state index contributed by atoms with van der Waals surface area (Å²) < 4.78 is 19.9. The topological polar surface area (TPSA) is 85.2 Å². The average molecular weight is 679 g/mol. The molecule has 6 nitrogen and oxygen atoms in total. The predicted octanol–water partition coefficient (Wildman–Crippen LogP) is 9.95. The van der Waals surface area contributed by atoms with Gasteiger partial charge in [-0.25, -0.2) is 0 Å². The van der Waals surface area contributed by atoms with E-state index in [1.165, 1.54) is 5.57 Å². The number of allylic oxidation sites excluding steroid dienone is 1. The van der Waals surface area contributed by atoms with Crippen LogP contribution in [-0.2, 0) is 25.0 Å². The molecule has 1 aromatic carbocycles. The second-order valence-electron chi connectivity index (χ2n) is 17.2. The van der Waals surface area contributed by atoms with Crippen molar-refractivity contribution in [3.05, 3.63) is 47.5 Å². The molecule has 0 aliphatic carbocycles. The summed E-state index contributed by atoms with van der Waals surface area (Å²) in [5, 5.41) is 21.6. The third-order valence-electron chi connectivity index (χ3n) is 10.8. The number of rotatable bonds is 18. The van der Waals surface area contributed by atoms with Gasteiger partial charge in [0.2, 0.25) is 0 Å². The zero-order valence-corrected chi connectivity index (χ0v) is 34.2. The van der Waals surface area contributed by atoms with Gasteiger partial charge in [-0.2, -0.15) is 0 Å². The van der Waals surface area contributed by atoms with Crippen molar-refractivity contribution < 1.29 is 28.6 Å². The largest absolute Gasteiger partial charge is 0.481 e. The lowest BCUT2D eigenvalue weighted by molar-refractivity contribution is -0.145. The van der Waals surface area contributed by atoms with Crippen LogP contribution in [0.1, 0.15) is 95.1 Å². The highest BCUT2D eigenvalue weighted by Crippen LogP contribution is 2.42. The zero-order chi connectivity index (χ0) is 35.8. The Morgan fingerprint density at radius 1 is 0.826 bits per heavy atom. The van der Waals surface area contributed by atoms with E-state index in [1.54, 1.807) is 6.92 Å². The van der Waals surface area contributed by atoms with Gasteiger partial charge in [-0.15, -0.1) is 0 Å². The lowest BCUT2D eigenvalue weighted by atomic mass is 9.81. The van der Waals surface area contributed by atoms with Gasteiger partial charge >= 0.3 is 5.97 Å². The third-order valence-corrected chi connectivity index (χ3v) is 19.7. The lowest BCUT2D eigenvalue weighted by Gasteiger charge is -2.44. The van der Waals surface area contributed by atoms with Gasteiger partial charge in [-0.1, -0.05) is 111 Å². The van der Waals surface area contributed by atoms with Gasteiger partial charge in [0.1, 0.15) is 0 Å². The molecule has 0 spiro atoms. The summed E-state index contributed by atoms with van der Waals surface area (Å²) in [5.41, 5.74) is 2.31. The van der Waals surface area contributed by atoms with Crippen molar-refractivity contribution in [2.45, 2.75) is 151 Å². The molecule has 8 atom stereocenters. The number of hydrogen-bond donors (Lipinski definition) is 2. The fourth-order valence-electron chi connectivity index (χ4n) is 5.56. The normalized spacial score (nSPS) is 19.1. The second kappa shape index (κ2) is 17.4. The van der Waals surface area contributed by atoms with Crippen LogP contribution in [0, 0.1) is 29.6 Å². The number of aliphatic hydroxyl groups excluding tert-OH is 1. The van der Waals surface area contributed by atoms with Gasteiger partial charge in [-0.3, -0.25) is 4.79 Å². The maximum Gasteiger partial charge on any atom is 0.308 e. The van der Waals surface area contributed by atoms with Crippen LogP contribution in [-0.4, -0.2) is 57.7 Å². The summed E-state index contributed by atoms with van der Waals surface area (Å²) in [6.45, 7) is 35.6. The summed E-state index contributed by atoms with van der Waals surface area (Å²) >= 11 is 0. The highest BCUT2D eigenvalue weighted by Gasteiger charge is 2.44. The molecule has 0 amide bonds. The van der Waals surface area contributed by atoms with Crippen LogP contribution in [0.2, 0.25) is 36.3 Å². The number of benzene rings is 1. The van der Waals surface area contributed by atoms with Crippen molar-refractivity contribution in [2.75, 3.05) is 6.61 Å². The minimum Gasteiger partial charge on any atom is -0.481 e. The third kappa shape index (κ3) is 12.6. The molecule has 0 aliphatic heterocycles. The number of aliphatic carboxylic acids is 1. The first-order chi connectivity index (χ1) is 20.8. The van der Waals surface area contributed by atoms with Gasteiger partial charge in [0.05, 0.1) is 37.4 Å². The van der Waals surface area contributed by atoms with E-state index in [2.05, 4.69) is 121 Å². The van der Waals surface area contributed by atoms with Crippen LogP contribution in [0.3, 0.4) is 0 Å². The average Bonchev–Trinajstić information content (AvgIpc) is 2.92. The van der Waals surface area contributed by atoms with Crippen LogP contribution in [0.4, 0.5) is 0 Å². The smallest absolute Gasteiger partial charge is 0.308 e. The zero-order valence-electron chi connectivity index (χ0n) is 32.2. The summed E-state index contributed by atoms with van der Waals surface area (Å²) in [7, 11) is -4.36. The van der Waals surface area contributed by atoms with E-state index >= 15 is 0 Å². The molecule has 8 heteroatoms. The molecule has 0 aromatic heterocycles. The molecule has 0 radical (unpaired) electrons. The van der Waals surface area contributed by atoms with Gasteiger partial charge in [0, 0.05) is 17.8 Å². The van der Waals surface area contributed by atoms with Gasteiger partial charge in [-0.05, 0) is 68.0 Å². The van der Waals surface area contributed by atoms with Crippen molar-refractivity contribution in [3.8, 4) is 0 Å². The molecular weight excluding hydrogens is 609 g/mol. The Bertz CT molecular complexity index is 1090. The molecular formula is C38H70O6Si2. The minimum atomic E-state index is -2.20. The molecule has 0 saturated carbocycles. The van der Waals surface area contributed by atoms with Crippen molar-refractivity contribution in [3.63, 3.8) is 0 Å². The van der Waals surface area contributed by atoms with Crippen LogP contribution in [0.5, 0.6) is 0 Å². The van der Waals surface area contributed by atoms with Gasteiger partial charge in [0.25, 0.3) is 0 Å². The minimum absolute atomic E-state index is 0.0224. The highest BCUT2D eigenvalue weighted by molar-refractivity contribution is 6.74. The van der Waals surface area contributed by atoms with Crippen LogP contribution < -0.4 is 0 Å². The van der Waals surface area contributed by atoms with Crippen LogP contribution in [0.15, 0.2) is 42.0 Å². The quantitative estimate of drug-likeness (QED) is 0.119. The Labute approximate surface area is 285 Å². The van der Waals surface area contributed by atoms with E-state index < -0.39 is 40.7 Å². The van der Waals surface area contributed by atoms with E-state index in [9.17, 15) is 15.0 Å². The monoisotopic (exact) mass is 678 g/mol. The SMILES string of the molecule is CC(=C[C@H](C)[C@@H](O[Si](C)(C)C(C)(C)C)[C@@H](C)C(=O)O)CC(C)C(O[Si](C)(C)C(C)(C)C)C(C)C(O)[C@@H](C)COCc1ccccc1. The van der Waals surface area contributed by atoms with Crippen LogP contribution in [0.25, 0.3) is 0 Å². The lowest BCUT2D eigenvalue weighted by Crippen LogP contribution is -2.50. The van der Waals surface area contributed by atoms with Gasteiger partial charge in [0.15, 0.2) is 16.6 Å². The van der Waals surface area contributed by atoms with E-state index in [-0.39, 0.29) is 39.9 Å². The standard InChI is InChI=1S/C38H70O6Si2/c1-26(23-28(3)35(31(6)36(40)41)44-46(15,16)38(10,11)12)22-27(2)34(43-45(13,14)37(7,8)9)30(5)33(39)29(4)24-42-25-32-20-18-17-19-21-32/h17-21,23,27-31,33-35,39H,22,24-25H2,1-16H3,(H,40,41)/t27?,28-,29-,30?,31+,33?,34?,35+/m0/s1. The highest BCUT2D eigenvalue weighted by atomic mass is 28.4. The van der Waals surface area contributed by atoms with E-state index in [0.29, 0.717) is 13.2 Å². The summed E-state index contributed by atoms with van der Waals surface area (Å²) in [4.78, 5) is 12.1. The van der Waals surface area contributed by atoms with Crippen molar-refractivity contribution in [1.82, 2.24) is 0 Å². The maximum absolute atomic E-state index is 12.1. The summed E-state index contributed by atoms with van der Waals surface area (Å²) in [6.07, 6.45) is 1.84. The molecule has 1 aromatic rings. The summed E-state index contributed by atoms with van der Waals surface area (Å²) in [5.74, 6) is -1.55. The number of ether oxygens (including phenoxy) is 1. The molecule has 2 N–H and O–H groups in total. The second-order valence-corrected chi connectivity index (χ2v) is 26.7. The first-order valence-corrected chi connectivity index (χ1v) is 23.2. The molecule has 1 rings (SSSR count). The van der Waals surface area contributed by atoms with E-state index in [1.807, 2.05) is 18.2 Å². The molecule has 4 unspecified atom stereocenters. The number of carbonyl (C=O) groups is 1. The Kier molecular flexibility index (Phi) is 16.1. The molecule has 0 aliphatic rings. The first kappa shape index (κ1) is 42.7. The fourth-order valence-corrected chi connectivity index (χ4v) is 8.50. The van der Waals surface area contributed by atoms with E-state index in [0.717, 1.165) is 12.0 Å². The number of hydrogen-bond acceptors (Lipinski definition) is 5. The predicted molar refractivity (Wildman–Crippen MR) is 198 cm³/mol. The summed E-state index contributed by atoms with van der Waals surface area (Å²) in [6, 6.07) is 10.1. The van der Waals surface area contributed by atoms with Crippen LogP contribution >= 0.6 is 0 Å². The van der Waals surface area contributed by atoms with Crippen molar-refractivity contribution in [1.29, 1.82) is 0 Å². The van der Waals surface area contributed by atoms with Gasteiger partial charge < -0.3 is 23.8 Å². The Morgan fingerprint density at radius 2 is 1.30 bits per heavy atom. The Morgan fingerprint density at radius 3 is 1.76 bits per heavy atom. The molecule has 0 saturated heterocycles. The fraction of sp³-hybridized carbons (Fsp3) is 0.763. The Balaban J connectivity index is 3.23. The maximum atomic E-state index is 12.1. The number of carboxylic acid groups (broad SMARTS) is 1. The number of carboxylic acids is 1. The Hall–Kier alpha value is -1.30. The first-order valence-electron chi connectivity index (χ1n) is 17.4. The molecule has 46 heavy (non-hydrogen) atoms. The van der Waals surface area contributed by atoms with E-state index in [4.69, 9.17) is 13.6 Å². The molecule has 266 valence electrons. The molecule has 0 heterocycles. The molecule has 0 fully saturated rings. The number of aliphatic hydroxyl groups is 1. The van der Waals surface area contributed by atoms with Crippen molar-refractivity contribution in [2.24, 2.45) is 29.6 Å². The van der Waals surface area contributed by atoms with Crippen molar-refractivity contribution >= 4 is 22.6 Å². The molecule has 0 bridgehead atoms.